The molecule has 2 saturated heterocycles. The molecule has 1 aromatic rings. The molecule has 0 aromatic heterocycles. The number of hydrogen-bond acceptors (Lipinski definition) is 3. The van der Waals surface area contributed by atoms with Crippen molar-refractivity contribution in [1.82, 2.24) is 5.32 Å². The minimum absolute atomic E-state index is 0.250. The largest absolute Gasteiger partial charge is 0.447 e. The Morgan fingerprint density at radius 2 is 2.33 bits per heavy atom. The summed E-state index contributed by atoms with van der Waals surface area (Å²) in [5.41, 5.74) is 0.564. The summed E-state index contributed by atoms with van der Waals surface area (Å²) < 4.78 is 5.26. The Bertz CT molecular complexity index is 472. The number of nitrogens with zero attached hydrogens (tertiary/aromatic N) is 1. The lowest BCUT2D eigenvalue weighted by molar-refractivity contribution is 0.167. The predicted octanol–water partition coefficient (Wildman–Crippen LogP) is 2.42. The Morgan fingerprint density at radius 3 is 3.06 bits per heavy atom. The number of hydrogen-bond donors (Lipinski definition) is 1. The van der Waals surface area contributed by atoms with Gasteiger partial charge in [-0.25, -0.2) is 4.79 Å². The van der Waals surface area contributed by atoms with E-state index in [0.29, 0.717) is 11.6 Å². The van der Waals surface area contributed by atoms with Gasteiger partial charge in [-0.15, -0.1) is 0 Å². The second-order valence-corrected chi connectivity index (χ2v) is 5.31. The van der Waals surface area contributed by atoms with Crippen molar-refractivity contribution in [3.05, 3.63) is 29.3 Å². The van der Waals surface area contributed by atoms with Crippen molar-refractivity contribution in [2.24, 2.45) is 0 Å². The summed E-state index contributed by atoms with van der Waals surface area (Å²) in [6.45, 7) is 2.22. The van der Waals surface area contributed by atoms with Crippen molar-refractivity contribution in [3.63, 3.8) is 0 Å². The Kier molecular flexibility index (Phi) is 2.92. The summed E-state index contributed by atoms with van der Waals surface area (Å²) in [5.74, 6) is 0. The summed E-state index contributed by atoms with van der Waals surface area (Å²) in [6, 6.07) is 7.37. The molecule has 4 nitrogen and oxygen atoms in total. The van der Waals surface area contributed by atoms with E-state index in [2.05, 4.69) is 5.32 Å². The van der Waals surface area contributed by atoms with E-state index in [9.17, 15) is 4.79 Å². The number of anilines is 1. The average molecular weight is 267 g/mol. The molecule has 18 heavy (non-hydrogen) atoms. The summed E-state index contributed by atoms with van der Waals surface area (Å²) in [5, 5.41) is 3.98. The second kappa shape index (κ2) is 4.44. The predicted molar refractivity (Wildman–Crippen MR) is 70.1 cm³/mol. The Hall–Kier alpha value is -1.26. The van der Waals surface area contributed by atoms with Crippen LogP contribution < -0.4 is 10.2 Å². The summed E-state index contributed by atoms with van der Waals surface area (Å²) in [6.07, 6.45) is 1.73. The van der Waals surface area contributed by atoms with Gasteiger partial charge in [0, 0.05) is 17.3 Å². The van der Waals surface area contributed by atoms with Gasteiger partial charge in [0.15, 0.2) is 0 Å². The van der Waals surface area contributed by atoms with Gasteiger partial charge in [-0.1, -0.05) is 17.7 Å². The van der Waals surface area contributed by atoms with Gasteiger partial charge in [-0.05, 0) is 37.6 Å². The highest BCUT2D eigenvalue weighted by molar-refractivity contribution is 6.30. The van der Waals surface area contributed by atoms with Crippen LogP contribution in [-0.4, -0.2) is 31.3 Å². The number of cyclic esters (lactones) is 1. The third-order valence-corrected chi connectivity index (χ3v) is 3.87. The fourth-order valence-corrected chi connectivity index (χ4v) is 2.96. The molecule has 1 N–H and O–H groups in total. The van der Waals surface area contributed by atoms with Crippen LogP contribution in [-0.2, 0) is 4.74 Å². The quantitative estimate of drug-likeness (QED) is 0.849. The van der Waals surface area contributed by atoms with Crippen molar-refractivity contribution in [1.29, 1.82) is 0 Å². The molecule has 1 aromatic carbocycles. The van der Waals surface area contributed by atoms with E-state index in [1.54, 1.807) is 11.0 Å². The summed E-state index contributed by atoms with van der Waals surface area (Å²) in [4.78, 5) is 13.7. The first-order chi connectivity index (χ1) is 8.71. The smallest absolute Gasteiger partial charge is 0.415 e. The van der Waals surface area contributed by atoms with Crippen molar-refractivity contribution in [2.45, 2.75) is 18.4 Å². The molecule has 1 amide bonds. The number of halogens is 1. The Balaban J connectivity index is 1.99. The highest BCUT2D eigenvalue weighted by Crippen LogP contribution is 2.36. The van der Waals surface area contributed by atoms with Crippen molar-refractivity contribution in [3.8, 4) is 0 Å². The van der Waals surface area contributed by atoms with Gasteiger partial charge in [0.1, 0.15) is 6.61 Å². The van der Waals surface area contributed by atoms with Gasteiger partial charge in [-0.3, -0.25) is 4.90 Å². The van der Waals surface area contributed by atoms with Crippen LogP contribution in [0, 0.1) is 0 Å². The molecule has 96 valence electrons. The molecule has 2 heterocycles. The van der Waals surface area contributed by atoms with Gasteiger partial charge in [0.25, 0.3) is 0 Å². The minimum Gasteiger partial charge on any atom is -0.447 e. The number of carbonyl (C=O) groups excluding carboxylic acids is 1. The van der Waals surface area contributed by atoms with Gasteiger partial charge in [0.2, 0.25) is 0 Å². The minimum atomic E-state index is -0.277. The molecule has 0 bridgehead atoms. The maximum absolute atomic E-state index is 12.0. The topological polar surface area (TPSA) is 41.6 Å². The van der Waals surface area contributed by atoms with E-state index < -0.39 is 0 Å². The van der Waals surface area contributed by atoms with Crippen LogP contribution in [0.1, 0.15) is 12.8 Å². The molecular weight excluding hydrogens is 252 g/mol. The van der Waals surface area contributed by atoms with Gasteiger partial charge in [0.05, 0.1) is 5.54 Å². The number of piperidine rings is 1. The number of amides is 1. The van der Waals surface area contributed by atoms with Gasteiger partial charge >= 0.3 is 6.09 Å². The van der Waals surface area contributed by atoms with E-state index in [0.717, 1.165) is 31.6 Å². The third-order valence-electron chi connectivity index (χ3n) is 3.64. The van der Waals surface area contributed by atoms with Gasteiger partial charge in [-0.2, -0.15) is 0 Å². The zero-order valence-electron chi connectivity index (χ0n) is 9.99. The molecule has 1 atom stereocenters. The fraction of sp³-hybridized carbons (Fsp3) is 0.462. The van der Waals surface area contributed by atoms with Crippen molar-refractivity contribution >= 4 is 23.4 Å². The lowest BCUT2D eigenvalue weighted by Gasteiger charge is -2.38. The van der Waals surface area contributed by atoms with Gasteiger partial charge < -0.3 is 10.1 Å². The van der Waals surface area contributed by atoms with E-state index in [1.807, 2.05) is 18.2 Å². The number of ether oxygens (including phenoxy) is 1. The maximum atomic E-state index is 12.0. The molecule has 0 saturated carbocycles. The fourth-order valence-electron chi connectivity index (χ4n) is 2.78. The molecule has 0 aliphatic carbocycles. The van der Waals surface area contributed by atoms with Crippen LogP contribution in [0.15, 0.2) is 24.3 Å². The molecule has 2 aliphatic rings. The SMILES string of the molecule is O=C1OCC2(CCCNC2)N1c1cccc(Cl)c1. The lowest BCUT2D eigenvalue weighted by Crippen LogP contribution is -2.57. The van der Waals surface area contributed by atoms with E-state index >= 15 is 0 Å². The Morgan fingerprint density at radius 1 is 1.44 bits per heavy atom. The highest BCUT2D eigenvalue weighted by atomic mass is 35.5. The second-order valence-electron chi connectivity index (χ2n) is 4.87. The number of rotatable bonds is 1. The molecule has 1 unspecified atom stereocenters. The molecule has 2 aliphatic heterocycles. The first kappa shape index (κ1) is 11.8. The number of nitrogens with one attached hydrogen (secondary N) is 1. The monoisotopic (exact) mass is 266 g/mol. The normalized spacial score (nSPS) is 27.6. The zero-order valence-corrected chi connectivity index (χ0v) is 10.7. The maximum Gasteiger partial charge on any atom is 0.415 e. The molecule has 5 heteroatoms. The molecular formula is C13H15ClN2O2. The average Bonchev–Trinajstić information content (AvgIpc) is 2.67. The molecule has 0 radical (unpaired) electrons. The molecule has 3 rings (SSSR count). The van der Waals surface area contributed by atoms with E-state index in [4.69, 9.17) is 16.3 Å². The zero-order chi connectivity index (χ0) is 12.6. The first-order valence-corrected chi connectivity index (χ1v) is 6.52. The Labute approximate surface area is 111 Å². The van der Waals surface area contributed by atoms with E-state index in [-0.39, 0.29) is 11.6 Å². The van der Waals surface area contributed by atoms with Crippen LogP contribution in [0.2, 0.25) is 5.02 Å². The number of carbonyl (C=O) groups is 1. The van der Waals surface area contributed by atoms with Crippen LogP contribution in [0.5, 0.6) is 0 Å². The van der Waals surface area contributed by atoms with E-state index in [1.165, 1.54) is 0 Å². The number of benzene rings is 1. The van der Waals surface area contributed by atoms with Crippen LogP contribution in [0.3, 0.4) is 0 Å². The summed E-state index contributed by atoms with van der Waals surface area (Å²) in [7, 11) is 0. The van der Waals surface area contributed by atoms with Crippen molar-refractivity contribution < 1.29 is 9.53 Å². The standard InChI is InChI=1S/C13H15ClN2O2/c14-10-3-1-4-11(7-10)16-12(17)18-9-13(16)5-2-6-15-8-13/h1,3-4,7,15H,2,5-6,8-9H2. The van der Waals surface area contributed by atoms with Crippen LogP contribution in [0.4, 0.5) is 10.5 Å². The molecule has 1 spiro atoms. The third kappa shape index (κ3) is 1.85. The summed E-state index contributed by atoms with van der Waals surface area (Å²) >= 11 is 6.00. The molecule has 2 fully saturated rings. The van der Waals surface area contributed by atoms with Crippen molar-refractivity contribution in [2.75, 3.05) is 24.6 Å². The van der Waals surface area contributed by atoms with Crippen LogP contribution in [0.25, 0.3) is 0 Å². The highest BCUT2D eigenvalue weighted by Gasteiger charge is 2.48. The van der Waals surface area contributed by atoms with Crippen LogP contribution >= 0.6 is 11.6 Å². The lowest BCUT2D eigenvalue weighted by atomic mass is 9.89. The first-order valence-electron chi connectivity index (χ1n) is 6.15.